The van der Waals surface area contributed by atoms with E-state index >= 15 is 0 Å². The summed E-state index contributed by atoms with van der Waals surface area (Å²) in [5, 5.41) is 2.83. The average Bonchev–Trinajstić information content (AvgIpc) is 2.70. The monoisotopic (exact) mass is 528 g/mol. The number of amides is 2. The van der Waals surface area contributed by atoms with Crippen molar-refractivity contribution in [2.24, 2.45) is 0 Å². The highest BCUT2D eigenvalue weighted by atomic mass is 79.9. The van der Waals surface area contributed by atoms with Gasteiger partial charge >= 0.3 is 0 Å². The van der Waals surface area contributed by atoms with Crippen molar-refractivity contribution in [1.82, 2.24) is 5.32 Å². The first-order valence-electron chi connectivity index (χ1n) is 8.64. The van der Waals surface area contributed by atoms with E-state index in [2.05, 4.69) is 21.2 Å². The fourth-order valence-corrected chi connectivity index (χ4v) is 4.04. The molecule has 0 aliphatic carbocycles. The van der Waals surface area contributed by atoms with E-state index in [4.69, 9.17) is 44.9 Å². The van der Waals surface area contributed by atoms with E-state index in [9.17, 15) is 9.59 Å². The highest BCUT2D eigenvalue weighted by Crippen LogP contribution is 2.38. The molecule has 0 radical (unpaired) electrons. The van der Waals surface area contributed by atoms with Gasteiger partial charge in [0.05, 0.1) is 33.9 Å². The Morgan fingerprint density at radius 3 is 2.67 bits per heavy atom. The number of halogens is 3. The first-order valence-corrected chi connectivity index (χ1v) is 10.6. The topological polar surface area (TPSA) is 67.9 Å². The maximum atomic E-state index is 13.2. The third kappa shape index (κ3) is 4.32. The van der Waals surface area contributed by atoms with Crippen molar-refractivity contribution in [2.45, 2.75) is 6.92 Å². The summed E-state index contributed by atoms with van der Waals surface area (Å²) in [6, 6.07) is 8.18. The van der Waals surface area contributed by atoms with Crippen LogP contribution in [-0.4, -0.2) is 30.6 Å². The molecule has 0 aromatic heterocycles. The highest BCUT2D eigenvalue weighted by molar-refractivity contribution is 9.10. The normalized spacial score (nSPS) is 15.4. The van der Waals surface area contributed by atoms with Crippen molar-refractivity contribution in [3.05, 3.63) is 56.0 Å². The summed E-state index contributed by atoms with van der Waals surface area (Å²) >= 11 is 20.9. The molecule has 156 valence electrons. The quantitative estimate of drug-likeness (QED) is 0.335. The van der Waals surface area contributed by atoms with Crippen LogP contribution in [0.2, 0.25) is 10.0 Å². The summed E-state index contributed by atoms with van der Waals surface area (Å²) in [5.41, 5.74) is 0.693. The van der Waals surface area contributed by atoms with E-state index < -0.39 is 11.8 Å². The Morgan fingerprint density at radius 2 is 2.00 bits per heavy atom. The molecule has 0 atom stereocenters. The zero-order valence-electron chi connectivity index (χ0n) is 15.8. The summed E-state index contributed by atoms with van der Waals surface area (Å²) in [5.74, 6) is -0.276. The molecule has 1 aliphatic rings. The van der Waals surface area contributed by atoms with Crippen molar-refractivity contribution < 1.29 is 19.1 Å². The summed E-state index contributed by atoms with van der Waals surface area (Å²) in [7, 11) is 1.50. The van der Waals surface area contributed by atoms with Crippen LogP contribution in [0, 0.1) is 0 Å². The van der Waals surface area contributed by atoms with Gasteiger partial charge in [-0.1, -0.05) is 29.3 Å². The zero-order valence-corrected chi connectivity index (χ0v) is 19.7. The summed E-state index contributed by atoms with van der Waals surface area (Å²) < 4.78 is 11.5. The lowest BCUT2D eigenvalue weighted by molar-refractivity contribution is -0.122. The number of methoxy groups -OCH3 is 1. The summed E-state index contributed by atoms with van der Waals surface area (Å²) in [4.78, 5) is 26.8. The number of nitrogens with one attached hydrogen (secondary N) is 1. The fourth-order valence-electron chi connectivity index (χ4n) is 2.82. The molecular formula is C20H15BrCl2N2O4S. The number of nitrogens with zero attached hydrogens (tertiary/aromatic N) is 1. The van der Waals surface area contributed by atoms with E-state index in [1.807, 2.05) is 6.92 Å². The molecule has 10 heteroatoms. The number of anilines is 1. The number of hydrogen-bond acceptors (Lipinski definition) is 5. The Kier molecular flexibility index (Phi) is 7.02. The van der Waals surface area contributed by atoms with Gasteiger partial charge in [-0.05, 0) is 71.0 Å². The van der Waals surface area contributed by atoms with Crippen LogP contribution in [0.3, 0.4) is 0 Å². The molecule has 3 rings (SSSR count). The van der Waals surface area contributed by atoms with Crippen molar-refractivity contribution in [1.29, 1.82) is 0 Å². The molecule has 0 bridgehead atoms. The van der Waals surface area contributed by atoms with Gasteiger partial charge in [-0.3, -0.25) is 19.8 Å². The molecule has 1 heterocycles. The third-order valence-corrected chi connectivity index (χ3v) is 5.81. The molecule has 0 saturated carbocycles. The standard InChI is InChI=1S/C20H15BrCl2N2O4S/c1-3-29-17-12(21)8-10(9-15(17)28-2)7-11-18(26)24-20(30)25(19(11)27)14-6-4-5-13(22)16(14)23/h4-9H,3H2,1-2H3,(H,24,26,30)/b11-7+. The lowest BCUT2D eigenvalue weighted by atomic mass is 10.1. The Labute approximate surface area is 196 Å². The number of ether oxygens (including phenoxy) is 2. The number of carbonyl (C=O) groups excluding carboxylic acids is 2. The molecule has 1 aliphatic heterocycles. The molecule has 2 aromatic rings. The second-order valence-electron chi connectivity index (χ2n) is 6.00. The van der Waals surface area contributed by atoms with Crippen LogP contribution in [0.1, 0.15) is 12.5 Å². The van der Waals surface area contributed by atoms with Gasteiger partial charge in [0.15, 0.2) is 16.6 Å². The maximum Gasteiger partial charge on any atom is 0.270 e. The Morgan fingerprint density at radius 1 is 1.27 bits per heavy atom. The van der Waals surface area contributed by atoms with Crippen molar-refractivity contribution >= 4 is 80.0 Å². The number of benzene rings is 2. The van der Waals surface area contributed by atoms with E-state index in [1.165, 1.54) is 13.2 Å². The van der Waals surface area contributed by atoms with Crippen LogP contribution in [0.15, 0.2) is 40.4 Å². The molecule has 0 spiro atoms. The van der Waals surface area contributed by atoms with Gasteiger partial charge in [0.25, 0.3) is 11.8 Å². The molecule has 2 aromatic carbocycles. The van der Waals surface area contributed by atoms with Crippen molar-refractivity contribution in [3.8, 4) is 11.5 Å². The minimum absolute atomic E-state index is 0.0863. The molecule has 2 amide bonds. The van der Waals surface area contributed by atoms with Gasteiger partial charge in [0.1, 0.15) is 5.57 Å². The zero-order chi connectivity index (χ0) is 22.0. The van der Waals surface area contributed by atoms with Gasteiger partial charge in [-0.15, -0.1) is 0 Å². The van der Waals surface area contributed by atoms with E-state index in [0.717, 1.165) is 4.90 Å². The minimum Gasteiger partial charge on any atom is -0.493 e. The lowest BCUT2D eigenvalue weighted by Crippen LogP contribution is -2.54. The van der Waals surface area contributed by atoms with Crippen LogP contribution < -0.4 is 19.7 Å². The van der Waals surface area contributed by atoms with Gasteiger partial charge < -0.3 is 9.47 Å². The predicted octanol–water partition coefficient (Wildman–Crippen LogP) is 4.99. The van der Waals surface area contributed by atoms with E-state index in [1.54, 1.807) is 30.3 Å². The smallest absolute Gasteiger partial charge is 0.270 e. The number of carbonyl (C=O) groups is 2. The Bertz CT molecular complexity index is 1090. The van der Waals surface area contributed by atoms with Crippen LogP contribution >= 0.6 is 51.3 Å². The van der Waals surface area contributed by atoms with Crippen LogP contribution in [-0.2, 0) is 9.59 Å². The second kappa shape index (κ2) is 9.34. The fraction of sp³-hybridized carbons (Fsp3) is 0.150. The van der Waals surface area contributed by atoms with Crippen molar-refractivity contribution in [3.63, 3.8) is 0 Å². The lowest BCUT2D eigenvalue weighted by Gasteiger charge is -2.29. The summed E-state index contributed by atoms with van der Waals surface area (Å²) in [6.45, 7) is 2.30. The van der Waals surface area contributed by atoms with Crippen LogP contribution in [0.25, 0.3) is 6.08 Å². The molecule has 0 unspecified atom stereocenters. The summed E-state index contributed by atoms with van der Waals surface area (Å²) in [6.07, 6.45) is 1.44. The second-order valence-corrected chi connectivity index (χ2v) is 8.02. The van der Waals surface area contributed by atoms with Gasteiger partial charge in [0.2, 0.25) is 0 Å². The predicted molar refractivity (Wildman–Crippen MR) is 125 cm³/mol. The maximum absolute atomic E-state index is 13.2. The Balaban J connectivity index is 2.07. The molecule has 30 heavy (non-hydrogen) atoms. The average molecular weight is 530 g/mol. The molecule has 6 nitrogen and oxygen atoms in total. The molecule has 1 N–H and O–H groups in total. The molecular weight excluding hydrogens is 515 g/mol. The Hall–Kier alpha value is -2.13. The molecule has 1 saturated heterocycles. The number of rotatable bonds is 5. The van der Waals surface area contributed by atoms with Gasteiger partial charge in [0, 0.05) is 0 Å². The van der Waals surface area contributed by atoms with E-state index in [0.29, 0.717) is 28.1 Å². The molecule has 1 fully saturated rings. The van der Waals surface area contributed by atoms with Crippen molar-refractivity contribution in [2.75, 3.05) is 18.6 Å². The van der Waals surface area contributed by atoms with E-state index in [-0.39, 0.29) is 26.4 Å². The SMILES string of the molecule is CCOc1c(Br)cc(/C=C2\C(=O)NC(=S)N(c3cccc(Cl)c3Cl)C2=O)cc1OC. The highest BCUT2D eigenvalue weighted by Gasteiger charge is 2.35. The van der Waals surface area contributed by atoms with Gasteiger partial charge in [-0.25, -0.2) is 0 Å². The first kappa shape index (κ1) is 22.6. The minimum atomic E-state index is -0.628. The third-order valence-electron chi connectivity index (χ3n) is 4.13. The number of thiocarbonyl (C=S) groups is 1. The first-order chi connectivity index (χ1) is 14.3. The van der Waals surface area contributed by atoms with Crippen LogP contribution in [0.5, 0.6) is 11.5 Å². The van der Waals surface area contributed by atoms with Crippen LogP contribution in [0.4, 0.5) is 5.69 Å². The number of hydrogen-bond donors (Lipinski definition) is 1. The van der Waals surface area contributed by atoms with Gasteiger partial charge in [-0.2, -0.15) is 0 Å². The largest absolute Gasteiger partial charge is 0.493 e.